The molecule has 0 spiro atoms. The molecule has 0 heterocycles. The van der Waals surface area contributed by atoms with Crippen LogP contribution in [0.4, 0.5) is 0 Å². The van der Waals surface area contributed by atoms with E-state index >= 15 is 0 Å². The second-order valence-electron chi connectivity index (χ2n) is 14.0. The van der Waals surface area contributed by atoms with E-state index in [1.165, 1.54) is 103 Å². The predicted molar refractivity (Wildman–Crippen MR) is 224 cm³/mol. The first-order chi connectivity index (χ1) is 27.9. The van der Waals surface area contributed by atoms with E-state index in [-0.39, 0.29) is 0 Å². The van der Waals surface area contributed by atoms with Crippen molar-refractivity contribution < 1.29 is 56.8 Å². The van der Waals surface area contributed by atoms with Crippen LogP contribution in [0.3, 0.4) is 0 Å². The summed E-state index contributed by atoms with van der Waals surface area (Å²) in [5.74, 6) is 0. The Kier molecular flexibility index (Phi) is 54.1. The van der Waals surface area contributed by atoms with Crippen molar-refractivity contribution in [3.63, 3.8) is 0 Å². The third-order valence-corrected chi connectivity index (χ3v) is 8.88. The lowest BCUT2D eigenvalue weighted by Gasteiger charge is -2.09. The van der Waals surface area contributed by atoms with E-state index in [1.807, 2.05) is 0 Å². The normalized spacial score (nSPS) is 11.7. The van der Waals surface area contributed by atoms with Gasteiger partial charge in [-0.25, -0.2) is 0 Å². The minimum atomic E-state index is 0.522. The average Bonchev–Trinajstić information content (AvgIpc) is 3.21. The van der Waals surface area contributed by atoms with Gasteiger partial charge in [0.05, 0.1) is 145 Å². The molecule has 0 radical (unpaired) electrons. The third kappa shape index (κ3) is 53.5. The maximum absolute atomic E-state index is 5.68. The molecule has 0 atom stereocenters. The molecule has 0 fully saturated rings. The molecule has 0 rings (SSSR count). The Bertz CT molecular complexity index is 610. The maximum atomic E-state index is 5.68. The molecule has 0 saturated heterocycles. The summed E-state index contributed by atoms with van der Waals surface area (Å²) >= 11 is 0. The Morgan fingerprint density at radius 1 is 0.143 bits per heavy atom. The van der Waals surface area contributed by atoms with Gasteiger partial charge in [-0.1, -0.05) is 117 Å². The van der Waals surface area contributed by atoms with Crippen LogP contribution in [0.1, 0.15) is 129 Å². The first kappa shape index (κ1) is 55.5. The average molecular weight is 811 g/mol. The molecule has 12 nitrogen and oxygen atoms in total. The molecule has 0 aliphatic carbocycles. The Labute approximate surface area is 344 Å². The van der Waals surface area contributed by atoms with Crippen LogP contribution in [0, 0.1) is 0 Å². The van der Waals surface area contributed by atoms with Crippen molar-refractivity contribution in [2.75, 3.05) is 159 Å². The quantitative estimate of drug-likeness (QED) is 0.0552. The van der Waals surface area contributed by atoms with Crippen LogP contribution in [0.25, 0.3) is 0 Å². The van der Waals surface area contributed by atoms with Crippen molar-refractivity contribution >= 4 is 0 Å². The number of hydrogen-bond donors (Lipinski definition) is 0. The van der Waals surface area contributed by atoms with E-state index in [0.29, 0.717) is 145 Å². The fraction of sp³-hybridized carbons (Fsp3) is 1.00. The second-order valence-corrected chi connectivity index (χ2v) is 14.0. The fourth-order valence-corrected chi connectivity index (χ4v) is 5.55. The summed E-state index contributed by atoms with van der Waals surface area (Å²) < 4.78 is 66.5. The van der Waals surface area contributed by atoms with Gasteiger partial charge >= 0.3 is 0 Å². The summed E-state index contributed by atoms with van der Waals surface area (Å²) in [4.78, 5) is 0. The lowest BCUT2D eigenvalue weighted by Crippen LogP contribution is -2.15. The summed E-state index contributed by atoms with van der Waals surface area (Å²) in [6.07, 6.45) is 24.1. The Hall–Kier alpha value is -0.480. The van der Waals surface area contributed by atoms with Gasteiger partial charge in [0, 0.05) is 13.2 Å². The topological polar surface area (TPSA) is 111 Å². The van der Waals surface area contributed by atoms with Gasteiger partial charge < -0.3 is 56.8 Å². The molecule has 0 N–H and O–H groups in total. The Balaban J connectivity index is 3.05. The highest BCUT2D eigenvalue weighted by molar-refractivity contribution is 4.49. The van der Waals surface area contributed by atoms with Gasteiger partial charge in [0.25, 0.3) is 0 Å². The molecular weight excluding hydrogens is 720 g/mol. The van der Waals surface area contributed by atoms with E-state index in [2.05, 4.69) is 13.8 Å². The van der Waals surface area contributed by atoms with Crippen molar-refractivity contribution in [3.05, 3.63) is 0 Å². The summed E-state index contributed by atoms with van der Waals surface area (Å²) in [5.41, 5.74) is 0. The molecule has 12 heteroatoms. The monoisotopic (exact) mass is 811 g/mol. The van der Waals surface area contributed by atoms with Gasteiger partial charge in [-0.05, 0) is 12.8 Å². The highest BCUT2D eigenvalue weighted by Gasteiger charge is 1.98. The summed E-state index contributed by atoms with van der Waals surface area (Å²) in [6.45, 7) is 18.4. The van der Waals surface area contributed by atoms with Crippen LogP contribution in [0.2, 0.25) is 0 Å². The van der Waals surface area contributed by atoms with Crippen molar-refractivity contribution in [3.8, 4) is 0 Å². The highest BCUT2D eigenvalue weighted by atomic mass is 16.6. The van der Waals surface area contributed by atoms with Gasteiger partial charge in [0.1, 0.15) is 0 Å². The van der Waals surface area contributed by atoms with Gasteiger partial charge in [-0.2, -0.15) is 0 Å². The van der Waals surface area contributed by atoms with Crippen molar-refractivity contribution in [1.82, 2.24) is 0 Å². The largest absolute Gasteiger partial charge is 0.379 e. The molecule has 0 aromatic heterocycles. The minimum Gasteiger partial charge on any atom is -0.379 e. The van der Waals surface area contributed by atoms with E-state index < -0.39 is 0 Å². The number of ether oxygens (including phenoxy) is 12. The summed E-state index contributed by atoms with van der Waals surface area (Å²) in [7, 11) is 0. The summed E-state index contributed by atoms with van der Waals surface area (Å²) in [6, 6.07) is 0. The molecule has 0 amide bonds. The minimum absolute atomic E-state index is 0.522. The van der Waals surface area contributed by atoms with E-state index in [0.717, 1.165) is 26.1 Å². The first-order valence-corrected chi connectivity index (χ1v) is 22.8. The maximum Gasteiger partial charge on any atom is 0.0701 e. The molecule has 0 aromatic rings. The highest BCUT2D eigenvalue weighted by Crippen LogP contribution is 2.12. The zero-order chi connectivity index (χ0) is 40.2. The van der Waals surface area contributed by atoms with Crippen LogP contribution in [0.15, 0.2) is 0 Å². The molecule has 56 heavy (non-hydrogen) atoms. The lowest BCUT2D eigenvalue weighted by atomic mass is 10.0. The Morgan fingerprint density at radius 3 is 0.429 bits per heavy atom. The summed E-state index contributed by atoms with van der Waals surface area (Å²) in [5, 5.41) is 0. The molecule has 0 aliphatic rings. The molecule has 0 bridgehead atoms. The molecular formula is C44H90O12. The number of rotatable bonds is 53. The van der Waals surface area contributed by atoms with Gasteiger partial charge in [0.2, 0.25) is 0 Å². The Morgan fingerprint density at radius 2 is 0.268 bits per heavy atom. The van der Waals surface area contributed by atoms with E-state index in [9.17, 15) is 0 Å². The van der Waals surface area contributed by atoms with E-state index in [1.54, 1.807) is 0 Å². The SMILES string of the molecule is CCCCCCCCCCCCCCCOCCOCCOCCOCCOCCOCCOCCOCCOCCOCCOCCOCCCCCCC. The third-order valence-electron chi connectivity index (χ3n) is 8.88. The van der Waals surface area contributed by atoms with Gasteiger partial charge in [-0.3, -0.25) is 0 Å². The van der Waals surface area contributed by atoms with Crippen LogP contribution >= 0.6 is 0 Å². The van der Waals surface area contributed by atoms with Crippen LogP contribution in [-0.4, -0.2) is 159 Å². The smallest absolute Gasteiger partial charge is 0.0701 e. The van der Waals surface area contributed by atoms with E-state index in [4.69, 9.17) is 56.8 Å². The zero-order valence-corrected chi connectivity index (χ0v) is 36.6. The van der Waals surface area contributed by atoms with Gasteiger partial charge in [0.15, 0.2) is 0 Å². The van der Waals surface area contributed by atoms with Crippen molar-refractivity contribution in [2.24, 2.45) is 0 Å². The number of unbranched alkanes of at least 4 members (excludes halogenated alkanes) is 16. The standard InChI is InChI=1S/C44H90O12/c1-3-5-7-9-10-11-12-13-14-15-16-18-20-22-46-24-26-48-28-30-50-32-34-52-36-38-54-40-42-56-44-43-55-41-39-53-37-35-51-33-31-49-29-27-47-25-23-45-21-19-17-8-6-4-2/h3-44H2,1-2H3. The molecule has 0 unspecified atom stereocenters. The van der Waals surface area contributed by atoms with Crippen LogP contribution in [0.5, 0.6) is 0 Å². The molecule has 338 valence electrons. The van der Waals surface area contributed by atoms with Crippen molar-refractivity contribution in [2.45, 2.75) is 129 Å². The molecule has 0 aliphatic heterocycles. The fourth-order valence-electron chi connectivity index (χ4n) is 5.55. The second kappa shape index (κ2) is 54.5. The first-order valence-electron chi connectivity index (χ1n) is 22.8. The van der Waals surface area contributed by atoms with Gasteiger partial charge in [-0.15, -0.1) is 0 Å². The lowest BCUT2D eigenvalue weighted by molar-refractivity contribution is -0.0284. The predicted octanol–water partition coefficient (Wildman–Crippen LogP) is 8.25. The number of hydrogen-bond acceptors (Lipinski definition) is 12. The molecule has 0 aromatic carbocycles. The zero-order valence-electron chi connectivity index (χ0n) is 36.6. The van der Waals surface area contributed by atoms with Crippen molar-refractivity contribution in [1.29, 1.82) is 0 Å². The van der Waals surface area contributed by atoms with Crippen LogP contribution in [-0.2, 0) is 56.8 Å². The van der Waals surface area contributed by atoms with Crippen LogP contribution < -0.4 is 0 Å². The molecule has 0 saturated carbocycles.